The number of nitriles is 1. The van der Waals surface area contributed by atoms with E-state index in [0.717, 1.165) is 18.4 Å². The number of likely N-dealkylation sites (N-methyl/N-ethyl adjacent to an activating group) is 1. The van der Waals surface area contributed by atoms with Crippen LogP contribution in [0.15, 0.2) is 60.7 Å². The minimum Gasteiger partial charge on any atom is -0.492 e. The zero-order chi connectivity index (χ0) is 48.8. The summed E-state index contributed by atoms with van der Waals surface area (Å²) in [5.74, 6) is -1.52. The van der Waals surface area contributed by atoms with E-state index in [1.165, 1.54) is 24.4 Å². The first-order valence-electron chi connectivity index (χ1n) is 22.5. The van der Waals surface area contributed by atoms with Crippen LogP contribution in [0.4, 0.5) is 0 Å². The van der Waals surface area contributed by atoms with Gasteiger partial charge in [0.2, 0.25) is 23.6 Å². The number of nitrogens with zero attached hydrogens (tertiary/aromatic N) is 4. The monoisotopic (exact) mass is 917 g/mol. The second-order valence-electron chi connectivity index (χ2n) is 16.9. The van der Waals surface area contributed by atoms with Crippen LogP contribution in [0, 0.1) is 31.1 Å². The van der Waals surface area contributed by atoms with Gasteiger partial charge in [0.05, 0.1) is 23.0 Å². The van der Waals surface area contributed by atoms with Crippen molar-refractivity contribution >= 4 is 29.5 Å². The summed E-state index contributed by atoms with van der Waals surface area (Å²) in [6, 6.07) is 15.1. The molecule has 10 N–H and O–H groups in total. The number of carbonyl (C=O) groups excluding carboxylic acids is 5. The predicted octanol–water partition coefficient (Wildman–Crippen LogP) is 2.52. The fraction of sp³-hybridized carbons (Fsp3) is 0.429. The Balaban J connectivity index is 1.55. The van der Waals surface area contributed by atoms with Crippen molar-refractivity contribution in [2.75, 3.05) is 46.4 Å². The van der Waals surface area contributed by atoms with Gasteiger partial charge in [0.25, 0.3) is 5.91 Å². The van der Waals surface area contributed by atoms with Crippen molar-refractivity contribution in [1.29, 1.82) is 5.26 Å². The van der Waals surface area contributed by atoms with Crippen LogP contribution >= 0.6 is 0 Å². The molecule has 18 nitrogen and oxygen atoms in total. The first-order valence-corrected chi connectivity index (χ1v) is 22.5. The Labute approximate surface area is 391 Å². The Hall–Kier alpha value is -6.94. The number of nitrogens with two attached hydrogens (primary N) is 3. The van der Waals surface area contributed by atoms with Crippen LogP contribution in [0.1, 0.15) is 78.1 Å². The first kappa shape index (κ1) is 51.1. The summed E-state index contributed by atoms with van der Waals surface area (Å²) in [5, 5.41) is 19.9. The van der Waals surface area contributed by atoms with Crippen molar-refractivity contribution in [2.45, 2.75) is 84.5 Å². The smallest absolute Gasteiger partial charge is 0.255 e. The minimum absolute atomic E-state index is 0.00150. The van der Waals surface area contributed by atoms with Gasteiger partial charge in [0.15, 0.2) is 5.82 Å². The number of aromatic nitrogens is 2. The molecule has 4 bridgehead atoms. The molecule has 0 radical (unpaired) electrons. The van der Waals surface area contributed by atoms with Crippen LogP contribution in [0.3, 0.4) is 0 Å². The number of nitrogens with one attached hydrogen (secondary N) is 4. The largest absolute Gasteiger partial charge is 0.492 e. The summed E-state index contributed by atoms with van der Waals surface area (Å²) in [5.41, 5.74) is 22.6. The molecular formula is C49H63N11O7. The molecular weight excluding hydrogens is 855 g/mol. The number of amides is 5. The van der Waals surface area contributed by atoms with Crippen molar-refractivity contribution in [1.82, 2.24) is 36.1 Å². The number of hydrogen-bond donors (Lipinski definition) is 7. The summed E-state index contributed by atoms with van der Waals surface area (Å²) >= 11 is 0. The molecule has 5 amide bonds. The summed E-state index contributed by atoms with van der Waals surface area (Å²) in [6.45, 7) is 9.60. The van der Waals surface area contributed by atoms with E-state index in [-0.39, 0.29) is 57.8 Å². The molecule has 356 valence electrons. The first-order chi connectivity index (χ1) is 32.1. The predicted molar refractivity (Wildman–Crippen MR) is 253 cm³/mol. The molecule has 0 spiro atoms. The average molecular weight is 918 g/mol. The van der Waals surface area contributed by atoms with Crippen LogP contribution in [0.25, 0.3) is 22.5 Å². The van der Waals surface area contributed by atoms with Gasteiger partial charge >= 0.3 is 0 Å². The van der Waals surface area contributed by atoms with Crippen LogP contribution < -0.4 is 47.9 Å². The van der Waals surface area contributed by atoms with E-state index in [9.17, 15) is 29.2 Å². The zero-order valence-corrected chi connectivity index (χ0v) is 39.1. The van der Waals surface area contributed by atoms with Gasteiger partial charge < -0.3 is 52.8 Å². The standard InChI is InChI=1S/C49H63N11O7/c1-28(2)7-8-32-9-12-34(13-10-32)44-55-29(3)42(30(4)56-44)47(63)58-38(17-18-50)49(65)60(6)43-35-14-16-41(67-24-21-53)37(27-35)36-25-33(11-15-40(36)66-23-20-52)26-39(46(62)54-22-19-51)59-45(61)31(5)57-48(43)64/h9-16,25,27-28,31,38-39,43H,7-8,17-18,20-24,26,50,52-53H2,1-6H3,(H,54,62)(H,57,64)(H,58,63)(H,59,61). The van der Waals surface area contributed by atoms with Gasteiger partial charge in [-0.1, -0.05) is 50.2 Å². The SMILES string of the molecule is Cc1nc(-c2ccc(CCC(C)C)cc2)nc(C)c1C(=O)NC(CCN)C(=O)N(C)C1C(=O)NC(C)C(=O)NC(C(=O)NCC#N)Cc2ccc(OCCN)c(c2)-c2cc1ccc2OCCN. The molecule has 0 fully saturated rings. The number of benzene rings is 3. The fourth-order valence-electron chi connectivity index (χ4n) is 7.81. The number of carbonyl (C=O) groups is 5. The van der Waals surface area contributed by atoms with Crippen LogP contribution in [-0.4, -0.2) is 109 Å². The van der Waals surface area contributed by atoms with Gasteiger partial charge in [-0.05, 0) is 93.5 Å². The maximum absolute atomic E-state index is 14.7. The number of fused-ring (bicyclic) bond motifs is 5. The number of rotatable bonds is 18. The molecule has 0 aliphatic carbocycles. The fourth-order valence-corrected chi connectivity index (χ4v) is 7.81. The van der Waals surface area contributed by atoms with Crippen molar-refractivity contribution < 1.29 is 33.4 Å². The van der Waals surface area contributed by atoms with E-state index in [1.54, 1.807) is 50.2 Å². The maximum Gasteiger partial charge on any atom is 0.255 e. The maximum atomic E-state index is 14.7. The van der Waals surface area contributed by atoms with Crippen LogP contribution in [0.2, 0.25) is 0 Å². The molecule has 4 unspecified atom stereocenters. The minimum atomic E-state index is -1.40. The lowest BCUT2D eigenvalue weighted by Crippen LogP contribution is -2.56. The van der Waals surface area contributed by atoms with Gasteiger partial charge in [-0.15, -0.1) is 0 Å². The summed E-state index contributed by atoms with van der Waals surface area (Å²) < 4.78 is 12.2. The van der Waals surface area contributed by atoms with Crippen LogP contribution in [0.5, 0.6) is 11.5 Å². The van der Waals surface area contributed by atoms with E-state index in [1.807, 2.05) is 18.2 Å². The lowest BCUT2D eigenvalue weighted by Gasteiger charge is -2.32. The highest BCUT2D eigenvalue weighted by Gasteiger charge is 2.36. The summed E-state index contributed by atoms with van der Waals surface area (Å²) in [6.07, 6.45) is 2.04. The second kappa shape index (κ2) is 24.0. The molecule has 18 heteroatoms. The molecule has 67 heavy (non-hydrogen) atoms. The van der Waals surface area contributed by atoms with E-state index in [2.05, 4.69) is 57.2 Å². The van der Waals surface area contributed by atoms with E-state index >= 15 is 0 Å². The Morgan fingerprint density at radius 2 is 1.49 bits per heavy atom. The van der Waals surface area contributed by atoms with Gasteiger partial charge in [-0.3, -0.25) is 24.0 Å². The zero-order valence-electron chi connectivity index (χ0n) is 39.1. The number of ether oxygens (including phenoxy) is 2. The highest BCUT2D eigenvalue weighted by atomic mass is 16.5. The Kier molecular flexibility index (Phi) is 18.3. The van der Waals surface area contributed by atoms with Crippen molar-refractivity contribution in [3.8, 4) is 40.1 Å². The van der Waals surface area contributed by atoms with E-state index in [4.69, 9.17) is 26.7 Å². The quantitative estimate of drug-likeness (QED) is 0.0708. The van der Waals surface area contributed by atoms with Gasteiger partial charge in [-0.25, -0.2) is 9.97 Å². The van der Waals surface area contributed by atoms with Crippen molar-refractivity contribution in [3.63, 3.8) is 0 Å². The van der Waals surface area contributed by atoms with Gasteiger partial charge in [0, 0.05) is 43.2 Å². The molecule has 0 saturated heterocycles. The van der Waals surface area contributed by atoms with Crippen molar-refractivity contribution in [3.05, 3.63) is 94.3 Å². The lowest BCUT2D eigenvalue weighted by atomic mass is 9.93. The van der Waals surface area contributed by atoms with E-state index < -0.39 is 53.7 Å². The molecule has 0 saturated carbocycles. The Bertz CT molecular complexity index is 2430. The number of hydrogen-bond acceptors (Lipinski definition) is 13. The summed E-state index contributed by atoms with van der Waals surface area (Å²) in [4.78, 5) is 81.1. The molecule has 1 aliphatic heterocycles. The molecule has 2 heterocycles. The Morgan fingerprint density at radius 1 is 0.866 bits per heavy atom. The molecule has 3 aromatic carbocycles. The van der Waals surface area contributed by atoms with Crippen molar-refractivity contribution in [2.24, 2.45) is 23.1 Å². The normalized spacial score (nSPS) is 16.4. The third kappa shape index (κ3) is 13.1. The Morgan fingerprint density at radius 3 is 2.09 bits per heavy atom. The van der Waals surface area contributed by atoms with E-state index in [0.29, 0.717) is 56.9 Å². The summed E-state index contributed by atoms with van der Waals surface area (Å²) in [7, 11) is 1.42. The molecule has 4 atom stereocenters. The second-order valence-corrected chi connectivity index (χ2v) is 16.9. The third-order valence-corrected chi connectivity index (χ3v) is 11.3. The topological polar surface area (TPSA) is 283 Å². The lowest BCUT2D eigenvalue weighted by molar-refractivity contribution is -0.141. The average Bonchev–Trinajstić information content (AvgIpc) is 3.30. The third-order valence-electron chi connectivity index (χ3n) is 11.3. The van der Waals surface area contributed by atoms with Gasteiger partial charge in [0.1, 0.15) is 55.4 Å². The van der Waals surface area contributed by atoms with Crippen LogP contribution in [-0.2, 0) is 32.0 Å². The van der Waals surface area contributed by atoms with Gasteiger partial charge in [-0.2, -0.15) is 5.26 Å². The molecule has 1 aliphatic rings. The molecule has 1 aromatic heterocycles. The molecule has 5 rings (SSSR count). The highest BCUT2D eigenvalue weighted by molar-refractivity contribution is 6.00. The highest BCUT2D eigenvalue weighted by Crippen LogP contribution is 2.40. The number of aryl methyl sites for hydroxylation is 3. The molecule has 4 aromatic rings.